The number of fused-ring (bicyclic) bond motifs is 1. The van der Waals surface area contributed by atoms with Crippen molar-refractivity contribution in [3.05, 3.63) is 53.1 Å². The molecule has 0 saturated heterocycles. The van der Waals surface area contributed by atoms with Gasteiger partial charge >= 0.3 is 0 Å². The van der Waals surface area contributed by atoms with Gasteiger partial charge in [0.25, 0.3) is 5.91 Å². The second kappa shape index (κ2) is 7.44. The van der Waals surface area contributed by atoms with Gasteiger partial charge in [0.1, 0.15) is 11.5 Å². The van der Waals surface area contributed by atoms with E-state index < -0.39 is 12.0 Å². The first-order chi connectivity index (χ1) is 12.0. The van der Waals surface area contributed by atoms with Crippen LogP contribution < -0.4 is 20.5 Å². The van der Waals surface area contributed by atoms with E-state index in [0.29, 0.717) is 28.6 Å². The summed E-state index contributed by atoms with van der Waals surface area (Å²) < 4.78 is 11.2. The molecule has 1 unspecified atom stereocenters. The molecule has 25 heavy (non-hydrogen) atoms. The number of nitrogens with one attached hydrogen (secondary N) is 1. The topological polar surface area (TPSA) is 90.7 Å². The molecule has 0 bridgehead atoms. The number of ether oxygens (including phenoxy) is 2. The summed E-state index contributed by atoms with van der Waals surface area (Å²) in [7, 11) is 0. The highest BCUT2D eigenvalue weighted by atomic mass is 35.5. The third-order valence-electron chi connectivity index (χ3n) is 3.74. The molecule has 2 amide bonds. The second-order valence-corrected chi connectivity index (χ2v) is 6.05. The molecular weight excluding hydrogens is 344 g/mol. The lowest BCUT2D eigenvalue weighted by molar-refractivity contribution is -0.122. The fourth-order valence-corrected chi connectivity index (χ4v) is 2.73. The first-order valence-corrected chi connectivity index (χ1v) is 8.17. The van der Waals surface area contributed by atoms with Crippen molar-refractivity contribution in [2.45, 2.75) is 18.9 Å². The number of rotatable bonds is 6. The summed E-state index contributed by atoms with van der Waals surface area (Å²) in [6.45, 7) is 0.145. The Morgan fingerprint density at radius 3 is 2.88 bits per heavy atom. The van der Waals surface area contributed by atoms with Crippen molar-refractivity contribution in [2.24, 2.45) is 5.73 Å². The van der Waals surface area contributed by atoms with Crippen LogP contribution in [-0.4, -0.2) is 24.5 Å². The van der Waals surface area contributed by atoms with Crippen LogP contribution in [-0.2, 0) is 16.0 Å². The Bertz CT molecular complexity index is 809. The Morgan fingerprint density at radius 1 is 1.28 bits per heavy atom. The highest BCUT2D eigenvalue weighted by molar-refractivity contribution is 6.30. The van der Waals surface area contributed by atoms with E-state index in [4.69, 9.17) is 26.8 Å². The Morgan fingerprint density at radius 2 is 2.08 bits per heavy atom. The molecule has 130 valence electrons. The summed E-state index contributed by atoms with van der Waals surface area (Å²) in [6.07, 6.45) is -0.0802. The van der Waals surface area contributed by atoms with Gasteiger partial charge in [-0.3, -0.25) is 9.59 Å². The maximum Gasteiger partial charge on any atom is 0.265 e. The zero-order valence-electron chi connectivity index (χ0n) is 13.3. The fraction of sp³-hybridized carbons (Fsp3) is 0.222. The maximum atomic E-state index is 12.5. The summed E-state index contributed by atoms with van der Waals surface area (Å²) in [5, 5.41) is 3.41. The Hall–Kier alpha value is -2.73. The smallest absolute Gasteiger partial charge is 0.265 e. The number of anilines is 1. The first-order valence-electron chi connectivity index (χ1n) is 7.79. The van der Waals surface area contributed by atoms with Crippen LogP contribution in [0.4, 0.5) is 5.69 Å². The molecule has 0 aliphatic carbocycles. The van der Waals surface area contributed by atoms with Crippen LogP contribution in [0.3, 0.4) is 0 Å². The molecule has 0 aromatic heterocycles. The van der Waals surface area contributed by atoms with E-state index in [1.54, 1.807) is 42.5 Å². The average molecular weight is 361 g/mol. The van der Waals surface area contributed by atoms with Crippen molar-refractivity contribution in [1.82, 2.24) is 0 Å². The summed E-state index contributed by atoms with van der Waals surface area (Å²) >= 11 is 5.97. The largest absolute Gasteiger partial charge is 0.491 e. The number of primary amides is 1. The van der Waals surface area contributed by atoms with Gasteiger partial charge < -0.3 is 20.5 Å². The molecule has 0 radical (unpaired) electrons. The molecule has 1 atom stereocenters. The molecule has 2 aromatic rings. The van der Waals surface area contributed by atoms with Gasteiger partial charge in [-0.2, -0.15) is 0 Å². The SMILES string of the molecule is NC(=O)CCOc1ccccc1NC(=O)C1Cc2cc(Cl)ccc2O1. The lowest BCUT2D eigenvalue weighted by Gasteiger charge is -2.14. The van der Waals surface area contributed by atoms with Gasteiger partial charge in [-0.15, -0.1) is 0 Å². The van der Waals surface area contributed by atoms with Crippen molar-refractivity contribution in [2.75, 3.05) is 11.9 Å². The van der Waals surface area contributed by atoms with Gasteiger partial charge in [0.2, 0.25) is 5.91 Å². The summed E-state index contributed by atoms with van der Waals surface area (Å²) in [6, 6.07) is 12.3. The molecule has 3 N–H and O–H groups in total. The lowest BCUT2D eigenvalue weighted by atomic mass is 10.1. The van der Waals surface area contributed by atoms with E-state index in [2.05, 4.69) is 5.32 Å². The third-order valence-corrected chi connectivity index (χ3v) is 3.98. The van der Waals surface area contributed by atoms with E-state index in [-0.39, 0.29) is 18.9 Å². The van der Waals surface area contributed by atoms with Crippen LogP contribution >= 0.6 is 11.6 Å². The van der Waals surface area contributed by atoms with Crippen LogP contribution in [0.1, 0.15) is 12.0 Å². The second-order valence-electron chi connectivity index (χ2n) is 5.61. The van der Waals surface area contributed by atoms with E-state index >= 15 is 0 Å². The maximum absolute atomic E-state index is 12.5. The number of hydrogen-bond donors (Lipinski definition) is 2. The minimum atomic E-state index is -0.632. The number of carbonyl (C=O) groups is 2. The number of amides is 2. The predicted octanol–water partition coefficient (Wildman–Crippen LogP) is 2.54. The van der Waals surface area contributed by atoms with Gasteiger partial charge in [0.05, 0.1) is 18.7 Å². The Labute approximate surface area is 149 Å². The monoisotopic (exact) mass is 360 g/mol. The number of halogens is 1. The molecule has 0 saturated carbocycles. The van der Waals surface area contributed by atoms with E-state index in [1.165, 1.54) is 0 Å². The highest BCUT2D eigenvalue weighted by Crippen LogP contribution is 2.32. The van der Waals surface area contributed by atoms with Crippen LogP contribution in [0, 0.1) is 0 Å². The molecule has 1 aliphatic heterocycles. The summed E-state index contributed by atoms with van der Waals surface area (Å²) in [5.74, 6) is 0.404. The standard InChI is InChI=1S/C18H17ClN2O4/c19-12-5-6-14-11(9-12)10-16(25-14)18(23)21-13-3-1-2-4-15(13)24-8-7-17(20)22/h1-6,9,16H,7-8,10H2,(H2,20,22)(H,21,23). The molecule has 0 spiro atoms. The van der Waals surface area contributed by atoms with Crippen molar-refractivity contribution in [1.29, 1.82) is 0 Å². The highest BCUT2D eigenvalue weighted by Gasteiger charge is 2.29. The number of carbonyl (C=O) groups excluding carboxylic acids is 2. The molecule has 1 heterocycles. The predicted molar refractivity (Wildman–Crippen MR) is 94.0 cm³/mol. The molecule has 1 aliphatic rings. The van der Waals surface area contributed by atoms with Crippen molar-refractivity contribution in [3.8, 4) is 11.5 Å². The fourth-order valence-electron chi connectivity index (χ4n) is 2.53. The van der Waals surface area contributed by atoms with Gasteiger partial charge in [0.15, 0.2) is 6.10 Å². The number of hydrogen-bond acceptors (Lipinski definition) is 4. The van der Waals surface area contributed by atoms with E-state index in [9.17, 15) is 9.59 Å². The van der Waals surface area contributed by atoms with Gasteiger partial charge in [-0.25, -0.2) is 0 Å². The summed E-state index contributed by atoms with van der Waals surface area (Å²) in [4.78, 5) is 23.3. The zero-order valence-corrected chi connectivity index (χ0v) is 14.1. The van der Waals surface area contributed by atoms with Crippen LogP contribution in [0.5, 0.6) is 11.5 Å². The first kappa shape index (κ1) is 17.1. The normalized spacial score (nSPS) is 15.2. The molecule has 2 aromatic carbocycles. The minimum Gasteiger partial charge on any atom is -0.491 e. The minimum absolute atomic E-state index is 0.101. The Balaban J connectivity index is 1.65. The molecule has 3 rings (SSSR count). The zero-order chi connectivity index (χ0) is 17.8. The van der Waals surface area contributed by atoms with Gasteiger partial charge in [-0.05, 0) is 35.9 Å². The van der Waals surface area contributed by atoms with Crippen LogP contribution in [0.15, 0.2) is 42.5 Å². The quantitative estimate of drug-likeness (QED) is 0.828. The molecular formula is C18H17ClN2O4. The molecule has 7 heteroatoms. The third kappa shape index (κ3) is 4.22. The van der Waals surface area contributed by atoms with Crippen LogP contribution in [0.2, 0.25) is 5.02 Å². The van der Waals surface area contributed by atoms with Crippen molar-refractivity contribution in [3.63, 3.8) is 0 Å². The van der Waals surface area contributed by atoms with Gasteiger partial charge in [-0.1, -0.05) is 23.7 Å². The van der Waals surface area contributed by atoms with Crippen molar-refractivity contribution < 1.29 is 19.1 Å². The average Bonchev–Trinajstić information content (AvgIpc) is 2.99. The molecule has 0 fully saturated rings. The summed E-state index contributed by atoms with van der Waals surface area (Å²) in [5.41, 5.74) is 6.51. The lowest BCUT2D eigenvalue weighted by Crippen LogP contribution is -2.31. The Kier molecular flexibility index (Phi) is 5.09. The van der Waals surface area contributed by atoms with E-state index in [0.717, 1.165) is 5.56 Å². The van der Waals surface area contributed by atoms with Gasteiger partial charge in [0, 0.05) is 11.4 Å². The van der Waals surface area contributed by atoms with Crippen molar-refractivity contribution >= 4 is 29.1 Å². The number of nitrogens with two attached hydrogens (primary N) is 1. The van der Waals surface area contributed by atoms with Crippen LogP contribution in [0.25, 0.3) is 0 Å². The van der Waals surface area contributed by atoms with E-state index in [1.807, 2.05) is 0 Å². The number of para-hydroxylation sites is 2. The molecule has 6 nitrogen and oxygen atoms in total. The number of benzene rings is 2.